The molecule has 0 saturated heterocycles. The number of nitro groups is 1. The summed E-state index contributed by atoms with van der Waals surface area (Å²) in [5.41, 5.74) is 0.323. The predicted molar refractivity (Wildman–Crippen MR) is 122 cm³/mol. The summed E-state index contributed by atoms with van der Waals surface area (Å²) in [5.74, 6) is -0.222. The van der Waals surface area contributed by atoms with Crippen molar-refractivity contribution in [2.75, 3.05) is 19.7 Å². The number of carbonyl (C=O) groups excluding carboxylic acids is 1. The van der Waals surface area contributed by atoms with Crippen LogP contribution in [0.5, 0.6) is 0 Å². The van der Waals surface area contributed by atoms with E-state index in [1.807, 2.05) is 0 Å². The van der Waals surface area contributed by atoms with Gasteiger partial charge in [-0.2, -0.15) is 0 Å². The van der Waals surface area contributed by atoms with Gasteiger partial charge in [-0.05, 0) is 50.0 Å². The Labute approximate surface area is 185 Å². The van der Waals surface area contributed by atoms with Crippen molar-refractivity contribution in [3.8, 4) is 0 Å². The summed E-state index contributed by atoms with van der Waals surface area (Å²) in [5, 5.41) is 36.7. The van der Waals surface area contributed by atoms with Gasteiger partial charge in [-0.15, -0.1) is 0 Å². The van der Waals surface area contributed by atoms with Crippen LogP contribution in [0.25, 0.3) is 0 Å². The highest BCUT2D eigenvalue weighted by Gasteiger charge is 2.22. The Morgan fingerprint density at radius 1 is 1.00 bits per heavy atom. The molecule has 0 aliphatic rings. The number of aliphatic hydroxyl groups excluding tert-OH is 2. The van der Waals surface area contributed by atoms with Gasteiger partial charge in [0.1, 0.15) is 6.10 Å². The predicted octanol–water partition coefficient (Wildman–Crippen LogP) is 3.62. The maximum atomic E-state index is 12.1. The fourth-order valence-electron chi connectivity index (χ4n) is 3.40. The molecule has 0 aliphatic heterocycles. The molecule has 1 amide bonds. The molecule has 8 nitrogen and oxygen atoms in total. The smallest absolute Gasteiger partial charge is 0.269 e. The molecule has 1 rings (SSSR count). The van der Waals surface area contributed by atoms with Gasteiger partial charge in [0, 0.05) is 18.6 Å². The molecule has 0 bridgehead atoms. The highest BCUT2D eigenvalue weighted by molar-refractivity contribution is 5.76. The fourth-order valence-corrected chi connectivity index (χ4v) is 3.40. The van der Waals surface area contributed by atoms with Crippen molar-refractivity contribution in [3.05, 3.63) is 39.9 Å². The number of hydrogen-bond donors (Lipinski definition) is 4. The van der Waals surface area contributed by atoms with Gasteiger partial charge in [-0.3, -0.25) is 14.9 Å². The molecule has 31 heavy (non-hydrogen) atoms. The van der Waals surface area contributed by atoms with Gasteiger partial charge >= 0.3 is 0 Å². The maximum Gasteiger partial charge on any atom is 0.269 e. The number of hydrogen-bond acceptors (Lipinski definition) is 6. The molecule has 4 N–H and O–H groups in total. The molecule has 0 saturated carbocycles. The van der Waals surface area contributed by atoms with Gasteiger partial charge in [0.05, 0.1) is 17.6 Å². The van der Waals surface area contributed by atoms with Gasteiger partial charge in [-0.1, -0.05) is 45.4 Å². The lowest BCUT2D eigenvalue weighted by Crippen LogP contribution is -2.41. The van der Waals surface area contributed by atoms with Gasteiger partial charge in [-0.25, -0.2) is 0 Å². The summed E-state index contributed by atoms with van der Waals surface area (Å²) in [6.45, 7) is 3.80. The maximum absolute atomic E-state index is 12.1. The lowest BCUT2D eigenvalue weighted by Gasteiger charge is -2.22. The molecule has 176 valence electrons. The topological polar surface area (TPSA) is 125 Å². The van der Waals surface area contributed by atoms with Crippen LogP contribution in [0.15, 0.2) is 24.3 Å². The van der Waals surface area contributed by atoms with Crippen LogP contribution in [0.4, 0.5) is 5.69 Å². The largest absolute Gasteiger partial charge is 0.394 e. The van der Waals surface area contributed by atoms with Gasteiger partial charge in [0.2, 0.25) is 5.91 Å². The normalized spacial score (nSPS) is 13.0. The van der Waals surface area contributed by atoms with E-state index in [2.05, 4.69) is 17.6 Å². The molecular formula is C23H39N3O5. The quantitative estimate of drug-likeness (QED) is 0.158. The van der Waals surface area contributed by atoms with Crippen LogP contribution in [-0.4, -0.2) is 46.8 Å². The second-order valence-electron chi connectivity index (χ2n) is 7.98. The second-order valence-corrected chi connectivity index (χ2v) is 7.98. The summed E-state index contributed by atoms with van der Waals surface area (Å²) >= 11 is 0. The molecule has 1 aromatic carbocycles. The second kappa shape index (κ2) is 16.6. The first-order valence-electron chi connectivity index (χ1n) is 11.5. The highest BCUT2D eigenvalue weighted by Crippen LogP contribution is 2.20. The highest BCUT2D eigenvalue weighted by atomic mass is 16.6. The van der Waals surface area contributed by atoms with Gasteiger partial charge in [0.25, 0.3) is 5.69 Å². The summed E-state index contributed by atoms with van der Waals surface area (Å²) in [4.78, 5) is 22.3. The zero-order valence-electron chi connectivity index (χ0n) is 18.7. The van der Waals surface area contributed by atoms with E-state index in [4.69, 9.17) is 0 Å². The number of nitro benzene ring substituents is 1. The van der Waals surface area contributed by atoms with Crippen LogP contribution in [0.3, 0.4) is 0 Å². The van der Waals surface area contributed by atoms with Crippen LogP contribution in [-0.2, 0) is 4.79 Å². The summed E-state index contributed by atoms with van der Waals surface area (Å²) in [7, 11) is 0. The number of unbranched alkanes of at least 4 members (excludes halogenated alkanes) is 7. The van der Waals surface area contributed by atoms with E-state index in [9.17, 15) is 25.1 Å². The monoisotopic (exact) mass is 437 g/mol. The van der Waals surface area contributed by atoms with Crippen molar-refractivity contribution >= 4 is 11.6 Å². The minimum absolute atomic E-state index is 0.0815. The molecule has 1 aromatic rings. The fraction of sp³-hybridized carbons (Fsp3) is 0.696. The first kappa shape index (κ1) is 27.0. The lowest BCUT2D eigenvalue weighted by molar-refractivity contribution is -0.384. The van der Waals surface area contributed by atoms with E-state index < -0.39 is 23.7 Å². The molecule has 0 aliphatic carbocycles. The average molecular weight is 438 g/mol. The molecule has 0 radical (unpaired) electrons. The van der Waals surface area contributed by atoms with Crippen LogP contribution in [0, 0.1) is 10.1 Å². The van der Waals surface area contributed by atoms with Gasteiger partial charge in [0.15, 0.2) is 0 Å². The van der Waals surface area contributed by atoms with Crippen molar-refractivity contribution in [2.45, 2.75) is 83.3 Å². The summed E-state index contributed by atoms with van der Waals surface area (Å²) in [6, 6.07) is 4.57. The third-order valence-corrected chi connectivity index (χ3v) is 5.33. The van der Waals surface area contributed by atoms with Crippen molar-refractivity contribution in [1.29, 1.82) is 0 Å². The van der Waals surface area contributed by atoms with Crippen LogP contribution >= 0.6 is 0 Å². The van der Waals surface area contributed by atoms with E-state index in [1.54, 1.807) is 0 Å². The molecule has 8 heteroatoms. The zero-order valence-corrected chi connectivity index (χ0v) is 18.7. The van der Waals surface area contributed by atoms with E-state index >= 15 is 0 Å². The molecule has 0 fully saturated rings. The number of nitrogens with zero attached hydrogens (tertiary/aromatic N) is 1. The van der Waals surface area contributed by atoms with Crippen molar-refractivity contribution < 1.29 is 19.9 Å². The Hall–Kier alpha value is -2.03. The van der Waals surface area contributed by atoms with E-state index in [-0.39, 0.29) is 11.6 Å². The van der Waals surface area contributed by atoms with Crippen molar-refractivity contribution in [1.82, 2.24) is 10.6 Å². The number of benzene rings is 1. The number of aliphatic hydroxyl groups is 2. The van der Waals surface area contributed by atoms with Crippen molar-refractivity contribution in [2.24, 2.45) is 0 Å². The van der Waals surface area contributed by atoms with E-state index in [1.165, 1.54) is 62.8 Å². The number of amides is 1. The van der Waals surface area contributed by atoms with E-state index in [0.29, 0.717) is 12.0 Å². The molecule has 0 heterocycles. The molecule has 0 unspecified atom stereocenters. The average Bonchev–Trinajstić information content (AvgIpc) is 2.77. The Morgan fingerprint density at radius 2 is 1.58 bits per heavy atom. The first-order chi connectivity index (χ1) is 15.0. The lowest BCUT2D eigenvalue weighted by atomic mass is 10.0. The zero-order chi connectivity index (χ0) is 22.9. The number of non-ortho nitro benzene ring substituents is 1. The molecule has 0 spiro atoms. The third-order valence-electron chi connectivity index (χ3n) is 5.33. The third kappa shape index (κ3) is 11.8. The van der Waals surface area contributed by atoms with Gasteiger partial charge < -0.3 is 20.8 Å². The first-order valence-corrected chi connectivity index (χ1v) is 11.5. The number of carbonyl (C=O) groups is 1. The molecule has 0 aromatic heterocycles. The number of rotatable bonds is 18. The Bertz CT molecular complexity index is 624. The Balaban J connectivity index is 2.16. The Morgan fingerprint density at radius 3 is 2.16 bits per heavy atom. The summed E-state index contributed by atoms with van der Waals surface area (Å²) < 4.78 is 0. The van der Waals surface area contributed by atoms with Crippen LogP contribution in [0.1, 0.15) is 82.8 Å². The van der Waals surface area contributed by atoms with Crippen LogP contribution in [0.2, 0.25) is 0 Å². The minimum Gasteiger partial charge on any atom is -0.394 e. The molecular weight excluding hydrogens is 398 g/mol. The number of nitrogens with one attached hydrogen (secondary N) is 2. The standard InChI is InChI=1S/C23H39N3O5/c1-2-3-4-5-6-9-16-24-17-10-7-8-11-22(28)25-21(18-27)23(29)19-12-14-20(15-13-19)26(30)31/h12-15,21,23-24,27,29H,2-11,16-18H2,1H3,(H,25,28)/t21-,23-/m1/s1. The molecule has 2 atom stereocenters. The van der Waals surface area contributed by atoms with E-state index in [0.717, 1.165) is 32.4 Å². The minimum atomic E-state index is -1.14. The van der Waals surface area contributed by atoms with Crippen molar-refractivity contribution in [3.63, 3.8) is 0 Å². The summed E-state index contributed by atoms with van der Waals surface area (Å²) in [6.07, 6.45) is 9.64. The SMILES string of the molecule is CCCCCCCCNCCCCCC(=O)N[C@H](CO)[C@H](O)c1ccc([N+](=O)[O-])cc1. The Kier molecular flexibility index (Phi) is 14.5. The van der Waals surface area contributed by atoms with Crippen LogP contribution < -0.4 is 10.6 Å².